The van der Waals surface area contributed by atoms with Gasteiger partial charge in [-0.15, -0.1) is 0 Å². The van der Waals surface area contributed by atoms with Gasteiger partial charge in [-0.1, -0.05) is 36.4 Å². The van der Waals surface area contributed by atoms with E-state index in [1.807, 2.05) is 6.07 Å². The third kappa shape index (κ3) is 5.26. The molecule has 0 amide bonds. The Kier molecular flexibility index (Phi) is 7.16. The number of benzene rings is 2. The molecule has 0 radical (unpaired) electrons. The van der Waals surface area contributed by atoms with Crippen LogP contribution in [0.1, 0.15) is 40.9 Å². The molecule has 3 heterocycles. The number of nitrogens with zero attached hydrogens (tertiary/aromatic N) is 2. The molecule has 1 aromatic heterocycles. The summed E-state index contributed by atoms with van der Waals surface area (Å²) in [7, 11) is 1.36. The van der Waals surface area contributed by atoms with Crippen LogP contribution in [0.2, 0.25) is 0 Å². The van der Waals surface area contributed by atoms with Gasteiger partial charge in [0.15, 0.2) is 0 Å². The van der Waals surface area contributed by atoms with E-state index in [4.69, 9.17) is 14.2 Å². The lowest BCUT2D eigenvalue weighted by Gasteiger charge is -2.24. The minimum Gasteiger partial charge on any atom is -0.490 e. The van der Waals surface area contributed by atoms with Crippen LogP contribution in [-0.2, 0) is 29.0 Å². The number of rotatable bonds is 6. The highest BCUT2D eigenvalue weighted by Gasteiger charge is 2.27. The molecular weight excluding hydrogens is 444 g/mol. The van der Waals surface area contributed by atoms with Gasteiger partial charge >= 0.3 is 5.97 Å². The van der Waals surface area contributed by atoms with Crippen LogP contribution in [-0.4, -0.2) is 55.0 Å². The molecular formula is C28H32N2O5. The summed E-state index contributed by atoms with van der Waals surface area (Å²) in [6, 6.07) is 16.3. The zero-order chi connectivity index (χ0) is 24.2. The largest absolute Gasteiger partial charge is 0.490 e. The van der Waals surface area contributed by atoms with E-state index in [-0.39, 0.29) is 11.7 Å². The van der Waals surface area contributed by atoms with E-state index < -0.39 is 5.97 Å². The van der Waals surface area contributed by atoms with E-state index in [2.05, 4.69) is 41.3 Å². The number of hydrogen-bond acceptors (Lipinski definition) is 6. The Morgan fingerprint density at radius 1 is 1.06 bits per heavy atom. The van der Waals surface area contributed by atoms with Crippen molar-refractivity contribution in [3.05, 3.63) is 75.7 Å². The Labute approximate surface area is 205 Å². The van der Waals surface area contributed by atoms with Crippen LogP contribution in [0.5, 0.6) is 5.75 Å². The summed E-state index contributed by atoms with van der Waals surface area (Å²) in [5, 5.41) is 2.44. The lowest BCUT2D eigenvalue weighted by Crippen LogP contribution is -2.30. The second-order valence-corrected chi connectivity index (χ2v) is 9.32. The molecule has 1 saturated heterocycles. The molecule has 2 aromatic carbocycles. The number of ether oxygens (including phenoxy) is 3. The predicted molar refractivity (Wildman–Crippen MR) is 134 cm³/mol. The van der Waals surface area contributed by atoms with Crippen molar-refractivity contribution in [3.8, 4) is 5.75 Å². The summed E-state index contributed by atoms with van der Waals surface area (Å²) >= 11 is 0. The first-order valence-electron chi connectivity index (χ1n) is 12.4. The van der Waals surface area contributed by atoms with Gasteiger partial charge in [0, 0.05) is 51.0 Å². The second-order valence-electron chi connectivity index (χ2n) is 9.32. The summed E-state index contributed by atoms with van der Waals surface area (Å²) in [6.07, 6.45) is 3.61. The van der Waals surface area contributed by atoms with E-state index in [1.165, 1.54) is 29.5 Å². The Balaban J connectivity index is 1.37. The van der Waals surface area contributed by atoms with Crippen molar-refractivity contribution < 1.29 is 19.0 Å². The molecule has 7 nitrogen and oxygen atoms in total. The molecule has 0 bridgehead atoms. The maximum Gasteiger partial charge on any atom is 0.343 e. The molecule has 7 heteroatoms. The van der Waals surface area contributed by atoms with Gasteiger partial charge in [0.2, 0.25) is 0 Å². The van der Waals surface area contributed by atoms with Crippen molar-refractivity contribution in [3.63, 3.8) is 0 Å². The standard InChI is InChI=1S/C28H32N2O5/c1-33-28(32)27-24-11-12-29(18-20-9-10-21-6-2-3-7-22(21)16-20)13-14-30(24)26(31)17-25(27)35-19-23-8-4-5-15-34-23/h2-3,6-7,9-10,16-17,23H,4-5,8,11-15,18-19H2,1H3. The number of esters is 1. The van der Waals surface area contributed by atoms with Crippen molar-refractivity contribution >= 4 is 16.7 Å². The number of carbonyl (C=O) groups excluding carboxylic acids is 1. The molecule has 0 saturated carbocycles. The topological polar surface area (TPSA) is 70.0 Å². The average Bonchev–Trinajstić information content (AvgIpc) is 3.10. The highest BCUT2D eigenvalue weighted by atomic mass is 16.5. The van der Waals surface area contributed by atoms with Gasteiger partial charge in [-0.3, -0.25) is 9.69 Å². The SMILES string of the molecule is COC(=O)c1c(OCC2CCCCO2)cc(=O)n2c1CCN(Cc1ccc3ccccc3c1)CC2. The summed E-state index contributed by atoms with van der Waals surface area (Å²) in [4.78, 5) is 28.2. The van der Waals surface area contributed by atoms with E-state index in [1.54, 1.807) is 4.57 Å². The summed E-state index contributed by atoms with van der Waals surface area (Å²) < 4.78 is 18.6. The molecule has 35 heavy (non-hydrogen) atoms. The quantitative estimate of drug-likeness (QED) is 0.504. The molecule has 2 aliphatic rings. The molecule has 1 unspecified atom stereocenters. The number of fused-ring (bicyclic) bond motifs is 2. The van der Waals surface area contributed by atoms with Gasteiger partial charge in [-0.05, 0) is 41.7 Å². The second kappa shape index (κ2) is 10.6. The lowest BCUT2D eigenvalue weighted by atomic mass is 10.1. The predicted octanol–water partition coefficient (Wildman–Crippen LogP) is 3.79. The monoisotopic (exact) mass is 476 g/mol. The molecule has 0 aliphatic carbocycles. The van der Waals surface area contributed by atoms with Gasteiger partial charge in [0.1, 0.15) is 17.9 Å². The first-order chi connectivity index (χ1) is 17.1. The molecule has 2 aliphatic heterocycles. The Morgan fingerprint density at radius 2 is 1.91 bits per heavy atom. The fourth-order valence-electron chi connectivity index (χ4n) is 5.10. The fourth-order valence-corrected chi connectivity index (χ4v) is 5.10. The zero-order valence-corrected chi connectivity index (χ0v) is 20.2. The van der Waals surface area contributed by atoms with Crippen molar-refractivity contribution in [2.24, 2.45) is 0 Å². The zero-order valence-electron chi connectivity index (χ0n) is 20.2. The van der Waals surface area contributed by atoms with Crippen LogP contribution in [0, 0.1) is 0 Å². The first-order valence-corrected chi connectivity index (χ1v) is 12.4. The maximum atomic E-state index is 13.0. The minimum atomic E-state index is -0.476. The normalized spacial score (nSPS) is 18.6. The van der Waals surface area contributed by atoms with Crippen molar-refractivity contribution in [1.29, 1.82) is 0 Å². The molecule has 0 spiro atoms. The number of pyridine rings is 1. The van der Waals surface area contributed by atoms with Crippen molar-refractivity contribution in [2.45, 2.75) is 44.9 Å². The van der Waals surface area contributed by atoms with Gasteiger partial charge in [0.25, 0.3) is 5.56 Å². The average molecular weight is 477 g/mol. The summed E-state index contributed by atoms with van der Waals surface area (Å²) in [5.41, 5.74) is 2.12. The van der Waals surface area contributed by atoms with Crippen molar-refractivity contribution in [1.82, 2.24) is 9.47 Å². The highest BCUT2D eigenvalue weighted by Crippen LogP contribution is 2.26. The highest BCUT2D eigenvalue weighted by molar-refractivity contribution is 5.93. The molecule has 1 atom stereocenters. The Hall–Kier alpha value is -3.16. The van der Waals surface area contributed by atoms with E-state index in [9.17, 15) is 9.59 Å². The Bertz CT molecular complexity index is 1260. The van der Waals surface area contributed by atoms with Crippen molar-refractivity contribution in [2.75, 3.05) is 33.4 Å². The summed E-state index contributed by atoms with van der Waals surface area (Å²) in [6.45, 7) is 3.78. The van der Waals surface area contributed by atoms with Gasteiger partial charge in [0.05, 0.1) is 13.2 Å². The number of methoxy groups -OCH3 is 1. The molecule has 3 aromatic rings. The molecule has 1 fully saturated rings. The van der Waals surface area contributed by atoms with E-state index >= 15 is 0 Å². The van der Waals surface area contributed by atoms with Crippen LogP contribution in [0.15, 0.2) is 53.3 Å². The molecule has 5 rings (SSSR count). The van der Waals surface area contributed by atoms with Crippen LogP contribution in [0.25, 0.3) is 10.8 Å². The smallest absolute Gasteiger partial charge is 0.343 e. The van der Waals surface area contributed by atoms with Crippen LogP contribution < -0.4 is 10.3 Å². The van der Waals surface area contributed by atoms with Gasteiger partial charge < -0.3 is 18.8 Å². The number of hydrogen-bond donors (Lipinski definition) is 0. The third-order valence-corrected chi connectivity index (χ3v) is 6.99. The molecule has 0 N–H and O–H groups in total. The lowest BCUT2D eigenvalue weighted by molar-refractivity contribution is -0.0114. The first kappa shape index (κ1) is 23.6. The minimum absolute atomic E-state index is 0.0201. The van der Waals surface area contributed by atoms with Gasteiger partial charge in [-0.25, -0.2) is 4.79 Å². The van der Waals surface area contributed by atoms with Gasteiger partial charge in [-0.2, -0.15) is 0 Å². The summed E-state index contributed by atoms with van der Waals surface area (Å²) in [5.74, 6) is -0.179. The van der Waals surface area contributed by atoms with E-state index in [0.717, 1.165) is 45.5 Å². The molecule has 184 valence electrons. The Morgan fingerprint density at radius 3 is 2.71 bits per heavy atom. The van der Waals surface area contributed by atoms with Crippen LogP contribution >= 0.6 is 0 Å². The maximum absolute atomic E-state index is 13.0. The number of aromatic nitrogens is 1. The van der Waals surface area contributed by atoms with Crippen LogP contribution in [0.3, 0.4) is 0 Å². The van der Waals surface area contributed by atoms with E-state index in [0.29, 0.717) is 36.6 Å². The van der Waals surface area contributed by atoms with Crippen LogP contribution in [0.4, 0.5) is 0 Å². The third-order valence-electron chi connectivity index (χ3n) is 6.99. The fraction of sp³-hybridized carbons (Fsp3) is 0.429. The number of carbonyl (C=O) groups is 1.